The van der Waals surface area contributed by atoms with Crippen molar-refractivity contribution in [2.75, 3.05) is 5.32 Å². The van der Waals surface area contributed by atoms with Crippen LogP contribution >= 0.6 is 22.9 Å². The number of hydrogen-bond donors (Lipinski definition) is 1. The van der Waals surface area contributed by atoms with Gasteiger partial charge in [-0.25, -0.2) is 9.37 Å². The van der Waals surface area contributed by atoms with Crippen LogP contribution in [-0.4, -0.2) is 10.9 Å². The van der Waals surface area contributed by atoms with Crippen LogP contribution in [0.25, 0.3) is 10.2 Å². The van der Waals surface area contributed by atoms with Crippen molar-refractivity contribution in [3.8, 4) is 6.07 Å². The monoisotopic (exact) mass is 345 g/mol. The fourth-order valence-corrected chi connectivity index (χ4v) is 3.19. The molecule has 0 fully saturated rings. The first kappa shape index (κ1) is 15.4. The summed E-state index contributed by atoms with van der Waals surface area (Å²) in [4.78, 5) is 16.6. The molecule has 1 aromatic heterocycles. The van der Waals surface area contributed by atoms with Gasteiger partial charge in [0.1, 0.15) is 10.8 Å². The Labute approximate surface area is 140 Å². The lowest BCUT2D eigenvalue weighted by molar-refractivity contribution is -0.116. The van der Waals surface area contributed by atoms with Gasteiger partial charge in [-0.2, -0.15) is 5.26 Å². The van der Waals surface area contributed by atoms with E-state index in [1.54, 1.807) is 24.3 Å². The lowest BCUT2D eigenvalue weighted by Gasteiger charge is -2.08. The second-order valence-corrected chi connectivity index (χ2v) is 6.19. The van der Waals surface area contributed by atoms with Gasteiger partial charge in [-0.1, -0.05) is 23.7 Å². The highest BCUT2D eigenvalue weighted by Gasteiger charge is 2.25. The molecule has 0 saturated carbocycles. The molecule has 3 aromatic rings. The first-order valence-electron chi connectivity index (χ1n) is 6.59. The molecule has 114 valence electrons. The van der Waals surface area contributed by atoms with Gasteiger partial charge in [-0.05, 0) is 30.3 Å². The average molecular weight is 346 g/mol. The van der Waals surface area contributed by atoms with Crippen molar-refractivity contribution in [3.63, 3.8) is 0 Å². The van der Waals surface area contributed by atoms with Gasteiger partial charge in [0.2, 0.25) is 5.91 Å². The maximum Gasteiger partial charge on any atom is 0.248 e. The van der Waals surface area contributed by atoms with E-state index < -0.39 is 17.6 Å². The van der Waals surface area contributed by atoms with E-state index in [2.05, 4.69) is 10.3 Å². The smallest absolute Gasteiger partial charge is 0.248 e. The van der Waals surface area contributed by atoms with Gasteiger partial charge in [0.05, 0.1) is 22.0 Å². The third-order valence-corrected chi connectivity index (χ3v) is 4.47. The molecular weight excluding hydrogens is 337 g/mol. The Morgan fingerprint density at radius 1 is 1.35 bits per heavy atom. The third kappa shape index (κ3) is 3.16. The Kier molecular flexibility index (Phi) is 4.24. The Morgan fingerprint density at radius 3 is 2.87 bits per heavy atom. The molecule has 0 saturated heterocycles. The molecule has 4 nitrogen and oxygen atoms in total. The molecule has 0 unspecified atom stereocenters. The Hall–Kier alpha value is -2.49. The van der Waals surface area contributed by atoms with Crippen molar-refractivity contribution in [1.82, 2.24) is 4.98 Å². The molecule has 7 heteroatoms. The molecule has 23 heavy (non-hydrogen) atoms. The summed E-state index contributed by atoms with van der Waals surface area (Å²) in [7, 11) is 0. The number of nitrogens with one attached hydrogen (secondary N) is 1. The lowest BCUT2D eigenvalue weighted by atomic mass is 10.1. The van der Waals surface area contributed by atoms with Crippen molar-refractivity contribution in [2.24, 2.45) is 0 Å². The van der Waals surface area contributed by atoms with E-state index in [1.807, 2.05) is 6.07 Å². The third-order valence-electron chi connectivity index (χ3n) is 3.14. The van der Waals surface area contributed by atoms with Gasteiger partial charge >= 0.3 is 0 Å². The van der Waals surface area contributed by atoms with Crippen LogP contribution in [-0.2, 0) is 4.79 Å². The average Bonchev–Trinajstić information content (AvgIpc) is 2.93. The lowest BCUT2D eigenvalue weighted by Crippen LogP contribution is -2.20. The molecule has 1 amide bonds. The van der Waals surface area contributed by atoms with E-state index in [4.69, 9.17) is 11.6 Å². The fraction of sp³-hybridized carbons (Fsp3) is 0.0625. The van der Waals surface area contributed by atoms with Gasteiger partial charge in [0.15, 0.2) is 5.92 Å². The molecular formula is C16H9ClFN3OS. The highest BCUT2D eigenvalue weighted by molar-refractivity contribution is 7.18. The molecule has 0 aliphatic rings. The number of rotatable bonds is 3. The topological polar surface area (TPSA) is 65.8 Å². The molecule has 1 atom stereocenters. The molecule has 1 heterocycles. The summed E-state index contributed by atoms with van der Waals surface area (Å²) in [6.45, 7) is 0. The molecule has 1 N–H and O–H groups in total. The van der Waals surface area contributed by atoms with Crippen LogP contribution in [0, 0.1) is 17.1 Å². The molecule has 3 rings (SSSR count). The summed E-state index contributed by atoms with van der Waals surface area (Å²) < 4.78 is 14.4. The van der Waals surface area contributed by atoms with Crippen LogP contribution in [0.2, 0.25) is 5.02 Å². The quantitative estimate of drug-likeness (QED) is 0.768. The number of nitrogens with zero attached hydrogens (tertiary/aromatic N) is 2. The van der Waals surface area contributed by atoms with Crippen molar-refractivity contribution in [3.05, 3.63) is 58.3 Å². The van der Waals surface area contributed by atoms with Crippen molar-refractivity contribution in [1.29, 1.82) is 5.26 Å². The summed E-state index contributed by atoms with van der Waals surface area (Å²) >= 11 is 7.14. The number of fused-ring (bicyclic) bond motifs is 1. The standard InChI is InChI=1S/C16H9ClFN3OS/c17-9-5-6-14-13(7-9)21-16(23-14)10(8-19)15(22)20-12-4-2-1-3-11(12)18/h1-7,10H,(H,20,22)/t10-/m1/s1. The fourth-order valence-electron chi connectivity index (χ4n) is 2.04. The summed E-state index contributed by atoms with van der Waals surface area (Å²) in [5.74, 6) is -2.30. The summed E-state index contributed by atoms with van der Waals surface area (Å²) in [5, 5.41) is 12.6. The molecule has 0 aliphatic carbocycles. The van der Waals surface area contributed by atoms with E-state index in [0.29, 0.717) is 15.5 Å². The second-order valence-electron chi connectivity index (χ2n) is 4.70. The second kappa shape index (κ2) is 6.32. The van der Waals surface area contributed by atoms with Crippen LogP contribution in [0.5, 0.6) is 0 Å². The summed E-state index contributed by atoms with van der Waals surface area (Å²) in [6, 6.07) is 12.9. The first-order valence-corrected chi connectivity index (χ1v) is 7.79. The number of hydrogen-bond acceptors (Lipinski definition) is 4. The summed E-state index contributed by atoms with van der Waals surface area (Å²) in [5.41, 5.74) is 0.651. The number of amides is 1. The largest absolute Gasteiger partial charge is 0.322 e. The number of aromatic nitrogens is 1. The van der Waals surface area contributed by atoms with Gasteiger partial charge < -0.3 is 5.32 Å². The highest BCUT2D eigenvalue weighted by atomic mass is 35.5. The normalized spacial score (nSPS) is 11.9. The maximum atomic E-state index is 13.6. The van der Waals surface area contributed by atoms with E-state index >= 15 is 0 Å². The maximum absolute atomic E-state index is 13.6. The molecule has 0 spiro atoms. The SMILES string of the molecule is N#C[C@H](C(=O)Nc1ccccc1F)c1nc2cc(Cl)ccc2s1. The minimum atomic E-state index is -1.12. The van der Waals surface area contributed by atoms with Crippen LogP contribution in [0.1, 0.15) is 10.9 Å². The molecule has 0 bridgehead atoms. The zero-order valence-corrected chi connectivity index (χ0v) is 13.2. The van der Waals surface area contributed by atoms with E-state index in [-0.39, 0.29) is 5.69 Å². The number of carbonyl (C=O) groups is 1. The predicted octanol–water partition coefficient (Wildman–Crippen LogP) is 4.33. The Bertz CT molecular complexity index is 934. The van der Waals surface area contributed by atoms with Crippen LogP contribution in [0.3, 0.4) is 0 Å². The predicted molar refractivity (Wildman–Crippen MR) is 88.0 cm³/mol. The van der Waals surface area contributed by atoms with Gasteiger partial charge in [0.25, 0.3) is 0 Å². The van der Waals surface area contributed by atoms with Gasteiger partial charge in [-0.15, -0.1) is 11.3 Å². The number of nitriles is 1. The molecule has 2 aromatic carbocycles. The Morgan fingerprint density at radius 2 is 2.13 bits per heavy atom. The van der Waals surface area contributed by atoms with Crippen LogP contribution in [0.15, 0.2) is 42.5 Å². The number of thiazole rings is 1. The number of halogens is 2. The number of carbonyl (C=O) groups excluding carboxylic acids is 1. The van der Waals surface area contributed by atoms with Gasteiger partial charge in [0, 0.05) is 5.02 Å². The number of benzene rings is 2. The zero-order chi connectivity index (χ0) is 16.4. The zero-order valence-electron chi connectivity index (χ0n) is 11.6. The minimum absolute atomic E-state index is 0.0295. The van der Waals surface area contributed by atoms with E-state index in [0.717, 1.165) is 4.70 Å². The number of para-hydroxylation sites is 1. The van der Waals surface area contributed by atoms with Gasteiger partial charge in [-0.3, -0.25) is 4.79 Å². The van der Waals surface area contributed by atoms with Crippen molar-refractivity contribution < 1.29 is 9.18 Å². The minimum Gasteiger partial charge on any atom is -0.322 e. The highest BCUT2D eigenvalue weighted by Crippen LogP contribution is 2.30. The van der Waals surface area contributed by atoms with E-state index in [1.165, 1.54) is 29.5 Å². The number of anilines is 1. The first-order chi connectivity index (χ1) is 11.1. The van der Waals surface area contributed by atoms with Crippen molar-refractivity contribution >= 4 is 44.7 Å². The van der Waals surface area contributed by atoms with Crippen LogP contribution in [0.4, 0.5) is 10.1 Å². The Balaban J connectivity index is 1.90. The van der Waals surface area contributed by atoms with E-state index in [9.17, 15) is 14.4 Å². The van der Waals surface area contributed by atoms with Crippen LogP contribution < -0.4 is 5.32 Å². The summed E-state index contributed by atoms with van der Waals surface area (Å²) in [6.07, 6.45) is 0. The molecule has 0 radical (unpaired) electrons. The van der Waals surface area contributed by atoms with Crippen molar-refractivity contribution in [2.45, 2.75) is 5.92 Å². The molecule has 0 aliphatic heterocycles.